The van der Waals surface area contributed by atoms with Crippen molar-refractivity contribution in [2.75, 3.05) is 23.7 Å². The zero-order valence-corrected chi connectivity index (χ0v) is 10.3. The van der Waals surface area contributed by atoms with E-state index >= 15 is 0 Å². The number of nitrogen functional groups attached to an aromatic ring is 1. The first-order chi connectivity index (χ1) is 8.24. The number of rotatable bonds is 2. The Morgan fingerprint density at radius 3 is 3.00 bits per heavy atom. The predicted molar refractivity (Wildman–Crippen MR) is 70.8 cm³/mol. The van der Waals surface area contributed by atoms with Crippen molar-refractivity contribution < 1.29 is 0 Å². The number of nitrogens with zero attached hydrogens (tertiary/aromatic N) is 2. The van der Waals surface area contributed by atoms with Crippen molar-refractivity contribution in [2.45, 2.75) is 26.2 Å². The Morgan fingerprint density at radius 2 is 2.35 bits per heavy atom. The molecule has 0 amide bonds. The van der Waals surface area contributed by atoms with Crippen molar-refractivity contribution in [3.63, 3.8) is 0 Å². The van der Waals surface area contributed by atoms with Crippen LogP contribution in [-0.4, -0.2) is 13.1 Å². The monoisotopic (exact) mass is 229 g/mol. The lowest BCUT2D eigenvalue weighted by molar-refractivity contribution is 0.405. The fourth-order valence-corrected chi connectivity index (χ4v) is 2.48. The van der Waals surface area contributed by atoms with Crippen molar-refractivity contribution in [1.82, 2.24) is 0 Å². The molecule has 1 aromatic rings. The molecule has 2 rings (SSSR count). The van der Waals surface area contributed by atoms with Crippen LogP contribution in [-0.2, 0) is 0 Å². The van der Waals surface area contributed by atoms with E-state index in [1.54, 1.807) is 0 Å². The van der Waals surface area contributed by atoms with Gasteiger partial charge in [0, 0.05) is 18.8 Å². The summed E-state index contributed by atoms with van der Waals surface area (Å²) in [6.45, 7) is 4.46. The first kappa shape index (κ1) is 11.8. The summed E-state index contributed by atoms with van der Waals surface area (Å²) in [5.74, 6) is 0.792. The van der Waals surface area contributed by atoms with Gasteiger partial charge in [-0.05, 0) is 37.0 Å². The van der Waals surface area contributed by atoms with Gasteiger partial charge in [0.1, 0.15) is 6.07 Å². The van der Waals surface area contributed by atoms with Gasteiger partial charge >= 0.3 is 0 Å². The first-order valence-corrected chi connectivity index (χ1v) is 6.29. The van der Waals surface area contributed by atoms with E-state index in [4.69, 9.17) is 11.0 Å². The van der Waals surface area contributed by atoms with Crippen LogP contribution in [0.5, 0.6) is 0 Å². The molecule has 1 saturated heterocycles. The zero-order valence-electron chi connectivity index (χ0n) is 10.3. The average Bonchev–Trinajstić information content (AvgIpc) is 2.38. The summed E-state index contributed by atoms with van der Waals surface area (Å²) < 4.78 is 0. The van der Waals surface area contributed by atoms with Crippen molar-refractivity contribution in [3.8, 4) is 6.07 Å². The standard InChI is InChI=1S/C14H19N3/c1-2-11-4-3-7-17(10-11)13-6-5-12(9-15)14(16)8-13/h5-6,8,11H,2-4,7,10,16H2,1H3. The van der Waals surface area contributed by atoms with E-state index in [0.717, 1.165) is 24.7 Å². The van der Waals surface area contributed by atoms with Gasteiger partial charge in [-0.15, -0.1) is 0 Å². The minimum absolute atomic E-state index is 0.567. The van der Waals surface area contributed by atoms with E-state index in [0.29, 0.717) is 11.3 Å². The van der Waals surface area contributed by atoms with Crippen LogP contribution in [0.2, 0.25) is 0 Å². The molecule has 0 saturated carbocycles. The minimum Gasteiger partial charge on any atom is -0.398 e. The second-order valence-corrected chi connectivity index (χ2v) is 4.75. The van der Waals surface area contributed by atoms with Crippen LogP contribution in [0.1, 0.15) is 31.7 Å². The SMILES string of the molecule is CCC1CCCN(c2ccc(C#N)c(N)c2)C1. The lowest BCUT2D eigenvalue weighted by Crippen LogP contribution is -2.35. The van der Waals surface area contributed by atoms with E-state index in [1.807, 2.05) is 18.2 Å². The Hall–Kier alpha value is -1.69. The largest absolute Gasteiger partial charge is 0.398 e. The molecule has 1 heterocycles. The molecule has 2 N–H and O–H groups in total. The average molecular weight is 229 g/mol. The van der Waals surface area contributed by atoms with Crippen LogP contribution >= 0.6 is 0 Å². The second kappa shape index (κ2) is 5.09. The molecule has 1 atom stereocenters. The fraction of sp³-hybridized carbons (Fsp3) is 0.500. The molecule has 1 aliphatic heterocycles. The maximum atomic E-state index is 8.86. The first-order valence-electron chi connectivity index (χ1n) is 6.29. The van der Waals surface area contributed by atoms with E-state index in [1.165, 1.54) is 19.3 Å². The van der Waals surface area contributed by atoms with Gasteiger partial charge in [-0.3, -0.25) is 0 Å². The number of hydrogen-bond acceptors (Lipinski definition) is 3. The second-order valence-electron chi connectivity index (χ2n) is 4.75. The topological polar surface area (TPSA) is 53.0 Å². The van der Waals surface area contributed by atoms with Crippen LogP contribution in [0, 0.1) is 17.2 Å². The molecule has 1 fully saturated rings. The molecule has 90 valence electrons. The van der Waals surface area contributed by atoms with Crippen molar-refractivity contribution in [3.05, 3.63) is 23.8 Å². The number of hydrogen-bond donors (Lipinski definition) is 1. The fourth-order valence-electron chi connectivity index (χ4n) is 2.48. The number of anilines is 2. The van der Waals surface area contributed by atoms with Gasteiger partial charge in [0.25, 0.3) is 0 Å². The Morgan fingerprint density at radius 1 is 1.53 bits per heavy atom. The molecular formula is C14H19N3. The highest BCUT2D eigenvalue weighted by molar-refractivity contribution is 5.63. The lowest BCUT2D eigenvalue weighted by atomic mass is 9.95. The van der Waals surface area contributed by atoms with Gasteiger partial charge < -0.3 is 10.6 Å². The van der Waals surface area contributed by atoms with E-state index in [9.17, 15) is 0 Å². The highest BCUT2D eigenvalue weighted by atomic mass is 15.1. The molecular weight excluding hydrogens is 210 g/mol. The molecule has 0 radical (unpaired) electrons. The quantitative estimate of drug-likeness (QED) is 0.793. The summed E-state index contributed by atoms with van der Waals surface area (Å²) >= 11 is 0. The van der Waals surface area contributed by atoms with Crippen LogP contribution in [0.4, 0.5) is 11.4 Å². The van der Waals surface area contributed by atoms with E-state index in [2.05, 4.69) is 17.9 Å². The van der Waals surface area contributed by atoms with E-state index < -0.39 is 0 Å². The van der Waals surface area contributed by atoms with Gasteiger partial charge in [0.2, 0.25) is 0 Å². The third-order valence-electron chi connectivity index (χ3n) is 3.62. The van der Waals surface area contributed by atoms with Crippen molar-refractivity contribution in [2.24, 2.45) is 5.92 Å². The van der Waals surface area contributed by atoms with Crippen molar-refractivity contribution in [1.29, 1.82) is 5.26 Å². The minimum atomic E-state index is 0.567. The van der Waals surface area contributed by atoms with Gasteiger partial charge in [0.05, 0.1) is 11.3 Å². The summed E-state index contributed by atoms with van der Waals surface area (Å²) in [7, 11) is 0. The molecule has 3 nitrogen and oxygen atoms in total. The molecule has 0 aliphatic carbocycles. The normalized spacial score (nSPS) is 20.0. The van der Waals surface area contributed by atoms with Crippen LogP contribution in [0.3, 0.4) is 0 Å². The maximum Gasteiger partial charge on any atom is 0.101 e. The van der Waals surface area contributed by atoms with Gasteiger partial charge in [-0.2, -0.15) is 5.26 Å². The molecule has 1 aromatic carbocycles. The molecule has 0 aromatic heterocycles. The summed E-state index contributed by atoms with van der Waals surface area (Å²) in [4.78, 5) is 2.38. The third kappa shape index (κ3) is 2.52. The van der Waals surface area contributed by atoms with Crippen LogP contribution in [0.15, 0.2) is 18.2 Å². The smallest absolute Gasteiger partial charge is 0.101 e. The van der Waals surface area contributed by atoms with Crippen molar-refractivity contribution >= 4 is 11.4 Å². The molecule has 1 aliphatic rings. The number of nitriles is 1. The Balaban J connectivity index is 2.17. The van der Waals surface area contributed by atoms with Gasteiger partial charge in [0.15, 0.2) is 0 Å². The van der Waals surface area contributed by atoms with E-state index in [-0.39, 0.29) is 0 Å². The maximum absolute atomic E-state index is 8.86. The number of nitrogens with two attached hydrogens (primary N) is 1. The lowest BCUT2D eigenvalue weighted by Gasteiger charge is -2.34. The highest BCUT2D eigenvalue weighted by Gasteiger charge is 2.19. The Labute approximate surface area is 103 Å². The van der Waals surface area contributed by atoms with Crippen LogP contribution < -0.4 is 10.6 Å². The molecule has 1 unspecified atom stereocenters. The summed E-state index contributed by atoms with van der Waals surface area (Å²) in [5.41, 5.74) is 8.16. The van der Waals surface area contributed by atoms with Crippen LogP contribution in [0.25, 0.3) is 0 Å². The highest BCUT2D eigenvalue weighted by Crippen LogP contribution is 2.27. The summed E-state index contributed by atoms with van der Waals surface area (Å²) in [6, 6.07) is 7.86. The summed E-state index contributed by atoms with van der Waals surface area (Å²) in [6.07, 6.45) is 3.82. The Kier molecular flexibility index (Phi) is 3.53. The molecule has 3 heteroatoms. The number of benzene rings is 1. The van der Waals surface area contributed by atoms with Gasteiger partial charge in [-0.25, -0.2) is 0 Å². The Bertz CT molecular complexity index is 434. The molecule has 0 bridgehead atoms. The number of piperidine rings is 1. The molecule has 0 spiro atoms. The molecule has 17 heavy (non-hydrogen) atoms. The van der Waals surface area contributed by atoms with Gasteiger partial charge in [-0.1, -0.05) is 13.3 Å². The summed E-state index contributed by atoms with van der Waals surface area (Å²) in [5, 5.41) is 8.86. The zero-order chi connectivity index (χ0) is 12.3. The predicted octanol–water partition coefficient (Wildman–Crippen LogP) is 2.77. The third-order valence-corrected chi connectivity index (χ3v) is 3.62.